The zero-order valence-electron chi connectivity index (χ0n) is 15.5. The molecule has 1 saturated heterocycles. The lowest BCUT2D eigenvalue weighted by atomic mass is 10.1. The van der Waals surface area contributed by atoms with Gasteiger partial charge < -0.3 is 4.74 Å². The number of rotatable bonds is 7. The number of nitrogens with zero attached hydrogens (tertiary/aromatic N) is 3. The number of carbonyl (C=O) groups is 1. The summed E-state index contributed by atoms with van der Waals surface area (Å²) < 4.78 is 31.8. The summed E-state index contributed by atoms with van der Waals surface area (Å²) in [6.45, 7) is 3.46. The monoisotopic (exact) mass is 422 g/mol. The molecule has 1 N–H and O–H groups in total. The zero-order valence-corrected chi connectivity index (χ0v) is 17.1. The van der Waals surface area contributed by atoms with Crippen LogP contribution in [0.4, 0.5) is 0 Å². The third-order valence-corrected chi connectivity index (χ3v) is 6.90. The van der Waals surface area contributed by atoms with Gasteiger partial charge in [0, 0.05) is 24.9 Å². The second kappa shape index (κ2) is 9.37. The van der Waals surface area contributed by atoms with Gasteiger partial charge in [-0.25, -0.2) is 18.8 Å². The molecule has 1 aliphatic rings. The lowest BCUT2D eigenvalue weighted by molar-refractivity contribution is -0.121. The van der Waals surface area contributed by atoms with Crippen molar-refractivity contribution in [1.29, 1.82) is 0 Å². The zero-order chi connectivity index (χ0) is 20.0. The fraction of sp³-hybridized carbons (Fsp3) is 0.389. The van der Waals surface area contributed by atoms with Crippen LogP contribution in [0, 0.1) is 6.92 Å². The number of hydrazone groups is 1. The number of hydrogen-bond donors (Lipinski definition) is 1. The Morgan fingerprint density at radius 3 is 2.68 bits per heavy atom. The Hall–Kier alpha value is -2.14. The third kappa shape index (κ3) is 5.44. The predicted octanol–water partition coefficient (Wildman–Crippen LogP) is 1.56. The number of morpholine rings is 1. The summed E-state index contributed by atoms with van der Waals surface area (Å²) in [5.74, 6) is -0.215. The molecule has 0 saturated carbocycles. The van der Waals surface area contributed by atoms with Gasteiger partial charge in [0.05, 0.1) is 35.0 Å². The lowest BCUT2D eigenvalue weighted by Crippen LogP contribution is -2.40. The van der Waals surface area contributed by atoms with Crippen LogP contribution in [-0.4, -0.2) is 56.1 Å². The maximum absolute atomic E-state index is 12.6. The van der Waals surface area contributed by atoms with Gasteiger partial charge in [-0.3, -0.25) is 4.79 Å². The van der Waals surface area contributed by atoms with Crippen LogP contribution in [0.5, 0.6) is 0 Å². The van der Waals surface area contributed by atoms with E-state index >= 15 is 0 Å². The lowest BCUT2D eigenvalue weighted by Gasteiger charge is -2.26. The van der Waals surface area contributed by atoms with E-state index in [0.29, 0.717) is 38.4 Å². The number of carbonyl (C=O) groups excluding carboxylic acids is 1. The van der Waals surface area contributed by atoms with Gasteiger partial charge in [-0.05, 0) is 31.0 Å². The molecule has 2 aromatic rings. The number of hydrogen-bond acceptors (Lipinski definition) is 7. The normalized spacial score (nSPS) is 15.8. The second-order valence-electron chi connectivity index (χ2n) is 6.24. The quantitative estimate of drug-likeness (QED) is 0.539. The van der Waals surface area contributed by atoms with Crippen LogP contribution in [0.3, 0.4) is 0 Å². The van der Waals surface area contributed by atoms with E-state index in [-0.39, 0.29) is 17.2 Å². The molecule has 1 aromatic heterocycles. The number of benzene rings is 1. The van der Waals surface area contributed by atoms with Gasteiger partial charge >= 0.3 is 0 Å². The summed E-state index contributed by atoms with van der Waals surface area (Å²) in [4.78, 5) is 16.4. The minimum atomic E-state index is -3.50. The average molecular weight is 423 g/mol. The molecule has 0 spiro atoms. The van der Waals surface area contributed by atoms with Gasteiger partial charge in [-0.1, -0.05) is 12.1 Å². The minimum Gasteiger partial charge on any atom is -0.379 e. The van der Waals surface area contributed by atoms with Gasteiger partial charge in [0.1, 0.15) is 0 Å². The van der Waals surface area contributed by atoms with Crippen molar-refractivity contribution in [2.24, 2.45) is 5.10 Å². The van der Waals surface area contributed by atoms with Crippen LogP contribution < -0.4 is 5.43 Å². The Morgan fingerprint density at radius 1 is 1.32 bits per heavy atom. The van der Waals surface area contributed by atoms with Gasteiger partial charge in [0.15, 0.2) is 0 Å². The van der Waals surface area contributed by atoms with Crippen LogP contribution in [-0.2, 0) is 26.0 Å². The van der Waals surface area contributed by atoms with E-state index in [1.54, 1.807) is 24.3 Å². The molecule has 1 amide bonds. The van der Waals surface area contributed by atoms with Crippen molar-refractivity contribution in [1.82, 2.24) is 14.7 Å². The minimum absolute atomic E-state index is 0.215. The van der Waals surface area contributed by atoms with Crippen LogP contribution >= 0.6 is 11.3 Å². The van der Waals surface area contributed by atoms with E-state index < -0.39 is 10.0 Å². The molecule has 2 heterocycles. The van der Waals surface area contributed by atoms with E-state index in [0.717, 1.165) is 10.6 Å². The van der Waals surface area contributed by atoms with Crippen LogP contribution in [0.2, 0.25) is 0 Å². The first kappa shape index (κ1) is 20.6. The summed E-state index contributed by atoms with van der Waals surface area (Å²) in [7, 11) is -3.50. The molecule has 28 heavy (non-hydrogen) atoms. The van der Waals surface area contributed by atoms with Crippen LogP contribution in [0.25, 0.3) is 0 Å². The molecule has 0 bridgehead atoms. The van der Waals surface area contributed by atoms with Crippen LogP contribution in [0.1, 0.15) is 22.7 Å². The number of aromatic nitrogens is 1. The fourth-order valence-corrected chi connectivity index (χ4v) is 4.66. The Morgan fingerprint density at radius 2 is 2.04 bits per heavy atom. The van der Waals surface area contributed by atoms with Crippen molar-refractivity contribution in [2.45, 2.75) is 24.7 Å². The van der Waals surface area contributed by atoms with E-state index in [4.69, 9.17) is 4.74 Å². The standard InChI is InChI=1S/C18H22N4O4S2/c1-14-20-16(13-27-14)12-19-21-18(23)7-4-15-2-5-17(6-3-15)28(24,25)22-8-10-26-11-9-22/h2-3,5-6,12-13H,4,7-11H2,1H3,(H,21,23)/b19-12+. The third-order valence-electron chi connectivity index (χ3n) is 4.19. The van der Waals surface area contributed by atoms with Crippen molar-refractivity contribution in [3.63, 3.8) is 0 Å². The highest BCUT2D eigenvalue weighted by molar-refractivity contribution is 7.89. The Labute approximate surface area is 168 Å². The molecule has 0 radical (unpaired) electrons. The highest BCUT2D eigenvalue weighted by Crippen LogP contribution is 2.18. The number of thiazole rings is 1. The van der Waals surface area contributed by atoms with Crippen molar-refractivity contribution < 1.29 is 17.9 Å². The summed E-state index contributed by atoms with van der Waals surface area (Å²) in [6, 6.07) is 6.64. The topological polar surface area (TPSA) is 101 Å². The summed E-state index contributed by atoms with van der Waals surface area (Å²) in [5, 5.41) is 6.69. The van der Waals surface area contributed by atoms with Crippen molar-refractivity contribution in [2.75, 3.05) is 26.3 Å². The number of ether oxygens (including phenoxy) is 1. The first-order valence-electron chi connectivity index (χ1n) is 8.86. The van der Waals surface area contributed by atoms with E-state index in [1.165, 1.54) is 21.9 Å². The molecular formula is C18H22N4O4S2. The van der Waals surface area contributed by atoms with Gasteiger partial charge in [0.2, 0.25) is 15.9 Å². The number of aryl methyl sites for hydroxylation is 2. The smallest absolute Gasteiger partial charge is 0.243 e. The molecule has 0 aliphatic carbocycles. The van der Waals surface area contributed by atoms with Gasteiger partial charge in [-0.15, -0.1) is 11.3 Å². The molecule has 0 atom stereocenters. The molecule has 8 nitrogen and oxygen atoms in total. The van der Waals surface area contributed by atoms with E-state index in [9.17, 15) is 13.2 Å². The van der Waals surface area contributed by atoms with Crippen LogP contribution in [0.15, 0.2) is 39.6 Å². The Bertz CT molecular complexity index is 933. The molecule has 1 fully saturated rings. The highest BCUT2D eigenvalue weighted by Gasteiger charge is 2.26. The summed E-state index contributed by atoms with van der Waals surface area (Å²) >= 11 is 1.52. The van der Waals surface area contributed by atoms with E-state index in [2.05, 4.69) is 15.5 Å². The maximum atomic E-state index is 12.6. The number of nitrogens with one attached hydrogen (secondary N) is 1. The van der Waals surface area contributed by atoms with Gasteiger partial charge in [0.25, 0.3) is 0 Å². The van der Waals surface area contributed by atoms with Gasteiger partial charge in [-0.2, -0.15) is 9.41 Å². The summed E-state index contributed by atoms with van der Waals surface area (Å²) in [6.07, 6.45) is 2.25. The van der Waals surface area contributed by atoms with Crippen molar-refractivity contribution in [3.05, 3.63) is 45.9 Å². The largest absolute Gasteiger partial charge is 0.379 e. The molecule has 1 aliphatic heterocycles. The first-order chi connectivity index (χ1) is 13.4. The van der Waals surface area contributed by atoms with Crippen molar-refractivity contribution >= 4 is 33.5 Å². The second-order valence-corrected chi connectivity index (χ2v) is 9.25. The molecule has 150 valence electrons. The van der Waals surface area contributed by atoms with E-state index in [1.807, 2.05) is 12.3 Å². The number of sulfonamides is 1. The molecule has 1 aromatic carbocycles. The SMILES string of the molecule is Cc1nc(/C=N/NC(=O)CCc2ccc(S(=O)(=O)N3CCOCC3)cc2)cs1. The fourth-order valence-electron chi connectivity index (χ4n) is 2.69. The average Bonchev–Trinajstić information content (AvgIpc) is 3.12. The molecule has 3 rings (SSSR count). The molecule has 10 heteroatoms. The molecular weight excluding hydrogens is 400 g/mol. The maximum Gasteiger partial charge on any atom is 0.243 e. The first-order valence-corrected chi connectivity index (χ1v) is 11.2. The van der Waals surface area contributed by atoms with Crippen molar-refractivity contribution in [3.8, 4) is 0 Å². The Balaban J connectivity index is 1.50. The predicted molar refractivity (Wildman–Crippen MR) is 107 cm³/mol. The number of amides is 1. The highest BCUT2D eigenvalue weighted by atomic mass is 32.2. The molecule has 0 unspecified atom stereocenters. The Kier molecular flexibility index (Phi) is 6.89. The summed E-state index contributed by atoms with van der Waals surface area (Å²) in [5.41, 5.74) is 4.06.